The Morgan fingerprint density at radius 2 is 1.93 bits per heavy atom. The molecule has 1 aromatic heterocycles. The van der Waals surface area contributed by atoms with Gasteiger partial charge < -0.3 is 5.32 Å². The number of alkyl halides is 3. The van der Waals surface area contributed by atoms with Crippen LogP contribution in [0.5, 0.6) is 0 Å². The van der Waals surface area contributed by atoms with E-state index in [1.54, 1.807) is 31.2 Å². The number of aromatic nitrogens is 2. The van der Waals surface area contributed by atoms with E-state index < -0.39 is 23.7 Å². The molecule has 0 fully saturated rings. The Bertz CT molecular complexity index is 1040. The smallest absolute Gasteiger partial charge is 0.324 e. The van der Waals surface area contributed by atoms with Crippen LogP contribution in [0, 0.1) is 0 Å². The zero-order valence-corrected chi connectivity index (χ0v) is 14.3. The molecule has 0 spiro atoms. The minimum atomic E-state index is -4.51. The summed E-state index contributed by atoms with van der Waals surface area (Å²) in [5.74, 6) is -0.587. The Morgan fingerprint density at radius 3 is 2.63 bits per heavy atom. The highest BCUT2D eigenvalue weighted by Gasteiger charge is 2.30. The fourth-order valence-corrected chi connectivity index (χ4v) is 2.81. The molecular formula is C19H16F3N3O2. The summed E-state index contributed by atoms with van der Waals surface area (Å²) in [6.45, 7) is 1.71. The maximum absolute atomic E-state index is 12.8. The molecule has 5 nitrogen and oxygen atoms in total. The zero-order chi connectivity index (χ0) is 19.6. The highest BCUT2D eigenvalue weighted by atomic mass is 19.4. The molecule has 3 rings (SSSR count). The zero-order valence-electron chi connectivity index (χ0n) is 14.3. The van der Waals surface area contributed by atoms with Gasteiger partial charge in [0, 0.05) is 5.69 Å². The monoisotopic (exact) mass is 375 g/mol. The number of carbonyl (C=O) groups excluding carboxylic acids is 1. The molecule has 3 aromatic rings. The summed E-state index contributed by atoms with van der Waals surface area (Å²) in [7, 11) is 0. The number of carbonyl (C=O) groups is 1. The van der Waals surface area contributed by atoms with E-state index in [1.165, 1.54) is 23.0 Å². The van der Waals surface area contributed by atoms with Crippen LogP contribution in [-0.4, -0.2) is 15.5 Å². The predicted molar refractivity (Wildman–Crippen MR) is 95.4 cm³/mol. The van der Waals surface area contributed by atoms with Gasteiger partial charge >= 0.3 is 6.18 Å². The molecule has 1 atom stereocenters. The third kappa shape index (κ3) is 3.84. The maximum atomic E-state index is 12.8. The molecule has 0 radical (unpaired) electrons. The second-order valence-corrected chi connectivity index (χ2v) is 5.97. The summed E-state index contributed by atoms with van der Waals surface area (Å²) < 4.78 is 39.7. The van der Waals surface area contributed by atoms with Crippen molar-refractivity contribution in [2.45, 2.75) is 25.6 Å². The van der Waals surface area contributed by atoms with Crippen LogP contribution < -0.4 is 10.9 Å². The van der Waals surface area contributed by atoms with E-state index in [-0.39, 0.29) is 17.7 Å². The standard InChI is InChI=1S/C19H16F3N3O2/c1-2-16(25-11-23-15-9-4-3-8-14(15)18(25)27)17(26)24-13-7-5-6-12(10-13)19(20,21)22/h3-11,16H,2H2,1H3,(H,24,26)/t16-/m1/s1. The Balaban J connectivity index is 1.92. The molecule has 0 aliphatic heterocycles. The molecule has 0 unspecified atom stereocenters. The third-order valence-corrected chi connectivity index (χ3v) is 4.17. The largest absolute Gasteiger partial charge is 0.416 e. The first kappa shape index (κ1) is 18.6. The van der Waals surface area contributed by atoms with Gasteiger partial charge in [-0.15, -0.1) is 0 Å². The second kappa shape index (κ2) is 7.22. The van der Waals surface area contributed by atoms with Crippen LogP contribution in [0.15, 0.2) is 59.7 Å². The van der Waals surface area contributed by atoms with E-state index in [9.17, 15) is 22.8 Å². The van der Waals surface area contributed by atoms with Crippen molar-refractivity contribution in [3.8, 4) is 0 Å². The summed E-state index contributed by atoms with van der Waals surface area (Å²) in [6.07, 6.45) is -2.96. The summed E-state index contributed by atoms with van der Waals surface area (Å²) >= 11 is 0. The van der Waals surface area contributed by atoms with Crippen molar-refractivity contribution >= 4 is 22.5 Å². The average Bonchev–Trinajstić information content (AvgIpc) is 2.64. The number of hydrogen-bond acceptors (Lipinski definition) is 3. The molecule has 0 aliphatic rings. The number of fused-ring (bicyclic) bond motifs is 1. The summed E-state index contributed by atoms with van der Waals surface area (Å²) in [5, 5.41) is 2.82. The Labute approximate surface area is 152 Å². The number of amides is 1. The topological polar surface area (TPSA) is 64.0 Å². The van der Waals surface area contributed by atoms with E-state index in [2.05, 4.69) is 10.3 Å². The number of hydrogen-bond donors (Lipinski definition) is 1. The molecule has 27 heavy (non-hydrogen) atoms. The van der Waals surface area contributed by atoms with Gasteiger partial charge in [0.05, 0.1) is 22.8 Å². The van der Waals surface area contributed by atoms with Gasteiger partial charge in [-0.25, -0.2) is 4.98 Å². The molecular weight excluding hydrogens is 359 g/mol. The second-order valence-electron chi connectivity index (χ2n) is 5.97. The number of rotatable bonds is 4. The van der Waals surface area contributed by atoms with Crippen LogP contribution in [0.1, 0.15) is 24.9 Å². The molecule has 1 N–H and O–H groups in total. The quantitative estimate of drug-likeness (QED) is 0.750. The Hall–Kier alpha value is -3.16. The first-order valence-corrected chi connectivity index (χ1v) is 8.25. The fourth-order valence-electron chi connectivity index (χ4n) is 2.81. The van der Waals surface area contributed by atoms with Crippen molar-refractivity contribution in [3.05, 3.63) is 70.8 Å². The number of para-hydroxylation sites is 1. The Morgan fingerprint density at radius 1 is 1.19 bits per heavy atom. The molecule has 140 valence electrons. The van der Waals surface area contributed by atoms with E-state index in [0.717, 1.165) is 12.1 Å². The molecule has 1 heterocycles. The van der Waals surface area contributed by atoms with Gasteiger partial charge in [0.1, 0.15) is 6.04 Å². The van der Waals surface area contributed by atoms with E-state index in [1.807, 2.05) is 0 Å². The van der Waals surface area contributed by atoms with Crippen LogP contribution in [0.3, 0.4) is 0 Å². The lowest BCUT2D eigenvalue weighted by Gasteiger charge is -2.18. The first-order valence-electron chi connectivity index (χ1n) is 8.25. The number of nitrogens with zero attached hydrogens (tertiary/aromatic N) is 2. The number of halogens is 3. The van der Waals surface area contributed by atoms with Gasteiger partial charge in [0.15, 0.2) is 0 Å². The van der Waals surface area contributed by atoms with Crippen molar-refractivity contribution < 1.29 is 18.0 Å². The molecule has 1 amide bonds. The normalized spacial score (nSPS) is 12.7. The lowest BCUT2D eigenvalue weighted by atomic mass is 10.1. The molecule has 0 saturated heterocycles. The Kier molecular flexibility index (Phi) is 4.98. The molecule has 0 bridgehead atoms. The van der Waals surface area contributed by atoms with Gasteiger partial charge in [-0.2, -0.15) is 13.2 Å². The van der Waals surface area contributed by atoms with Crippen LogP contribution in [0.4, 0.5) is 18.9 Å². The van der Waals surface area contributed by atoms with Gasteiger partial charge in [0.2, 0.25) is 5.91 Å². The van der Waals surface area contributed by atoms with E-state index >= 15 is 0 Å². The van der Waals surface area contributed by atoms with Crippen LogP contribution in [0.2, 0.25) is 0 Å². The van der Waals surface area contributed by atoms with Crippen molar-refractivity contribution in [1.82, 2.24) is 9.55 Å². The number of benzene rings is 2. The third-order valence-electron chi connectivity index (χ3n) is 4.17. The summed E-state index contributed by atoms with van der Waals surface area (Å²) in [5.41, 5.74) is -0.730. The minimum absolute atomic E-state index is 0.00933. The van der Waals surface area contributed by atoms with Gasteiger partial charge in [0.25, 0.3) is 5.56 Å². The van der Waals surface area contributed by atoms with Gasteiger partial charge in [-0.1, -0.05) is 25.1 Å². The van der Waals surface area contributed by atoms with Crippen LogP contribution in [0.25, 0.3) is 10.9 Å². The molecule has 8 heteroatoms. The van der Waals surface area contributed by atoms with Gasteiger partial charge in [-0.3, -0.25) is 14.2 Å². The highest BCUT2D eigenvalue weighted by Crippen LogP contribution is 2.30. The first-order chi connectivity index (χ1) is 12.8. The SMILES string of the molecule is CC[C@H](C(=O)Nc1cccc(C(F)(F)F)c1)n1cnc2ccccc2c1=O. The minimum Gasteiger partial charge on any atom is -0.324 e. The molecule has 0 saturated carbocycles. The maximum Gasteiger partial charge on any atom is 0.416 e. The van der Waals surface area contributed by atoms with Crippen molar-refractivity contribution in [3.63, 3.8) is 0 Å². The predicted octanol–water partition coefficient (Wildman–Crippen LogP) is 4.01. The van der Waals surface area contributed by atoms with Crippen LogP contribution in [-0.2, 0) is 11.0 Å². The summed E-state index contributed by atoms with van der Waals surface area (Å²) in [4.78, 5) is 29.5. The number of nitrogens with one attached hydrogen (secondary N) is 1. The lowest BCUT2D eigenvalue weighted by molar-refractivity contribution is -0.137. The van der Waals surface area contributed by atoms with Crippen molar-refractivity contribution in [2.24, 2.45) is 0 Å². The molecule has 2 aromatic carbocycles. The van der Waals surface area contributed by atoms with Crippen molar-refractivity contribution in [1.29, 1.82) is 0 Å². The highest BCUT2D eigenvalue weighted by molar-refractivity contribution is 5.94. The van der Waals surface area contributed by atoms with E-state index in [4.69, 9.17) is 0 Å². The van der Waals surface area contributed by atoms with E-state index in [0.29, 0.717) is 10.9 Å². The lowest BCUT2D eigenvalue weighted by Crippen LogP contribution is -2.33. The van der Waals surface area contributed by atoms with Gasteiger partial charge in [-0.05, 0) is 36.8 Å². The van der Waals surface area contributed by atoms with Crippen LogP contribution >= 0.6 is 0 Å². The average molecular weight is 375 g/mol. The fraction of sp³-hybridized carbons (Fsp3) is 0.211. The molecule has 0 aliphatic carbocycles. The summed E-state index contributed by atoms with van der Waals surface area (Å²) in [6, 6.07) is 10.2. The number of anilines is 1. The van der Waals surface area contributed by atoms with Crippen molar-refractivity contribution in [2.75, 3.05) is 5.32 Å².